The first kappa shape index (κ1) is 17.7. The van der Waals surface area contributed by atoms with Crippen LogP contribution in [0, 0.1) is 11.3 Å². The third-order valence-corrected chi connectivity index (χ3v) is 4.54. The topological polar surface area (TPSA) is 102 Å². The number of imide groups is 1. The van der Waals surface area contributed by atoms with Gasteiger partial charge in [-0.15, -0.1) is 0 Å². The average Bonchev–Trinajstić information content (AvgIpc) is 2.61. The van der Waals surface area contributed by atoms with E-state index < -0.39 is 34.8 Å². The molecule has 0 saturated carbocycles. The van der Waals surface area contributed by atoms with Crippen molar-refractivity contribution in [1.29, 1.82) is 0 Å². The Hall–Kier alpha value is -1.67. The molecule has 8 heteroatoms. The monoisotopic (exact) mass is 326 g/mol. The summed E-state index contributed by atoms with van der Waals surface area (Å²) in [6, 6.07) is -0.522. The van der Waals surface area contributed by atoms with Gasteiger partial charge in [0.15, 0.2) is 0 Å². The zero-order chi connectivity index (χ0) is 17.4. The number of rotatable bonds is 4. The summed E-state index contributed by atoms with van der Waals surface area (Å²) in [5, 5.41) is 15.4. The number of nitrogens with zero attached hydrogens (tertiary/aromatic N) is 2. The summed E-state index contributed by atoms with van der Waals surface area (Å²) in [5.74, 6) is -2.57. The van der Waals surface area contributed by atoms with Crippen molar-refractivity contribution >= 4 is 17.9 Å². The number of amides is 3. The minimum absolute atomic E-state index is 0.193. The van der Waals surface area contributed by atoms with Crippen molar-refractivity contribution < 1.29 is 19.5 Å². The first-order valence-corrected chi connectivity index (χ1v) is 7.87. The Balaban J connectivity index is 2.22. The summed E-state index contributed by atoms with van der Waals surface area (Å²) in [6.45, 7) is 10.1. The number of hydrogen-bond donors (Lipinski definition) is 3. The van der Waals surface area contributed by atoms with E-state index in [9.17, 15) is 19.5 Å². The summed E-state index contributed by atoms with van der Waals surface area (Å²) in [7, 11) is 0. The van der Waals surface area contributed by atoms with Crippen LogP contribution >= 0.6 is 0 Å². The Bertz CT molecular complexity index is 510. The van der Waals surface area contributed by atoms with E-state index in [-0.39, 0.29) is 6.67 Å². The maximum absolute atomic E-state index is 12.8. The van der Waals surface area contributed by atoms with Gasteiger partial charge < -0.3 is 15.7 Å². The second kappa shape index (κ2) is 6.09. The van der Waals surface area contributed by atoms with Gasteiger partial charge in [-0.3, -0.25) is 14.5 Å². The van der Waals surface area contributed by atoms with Gasteiger partial charge in [0.2, 0.25) is 0 Å². The van der Waals surface area contributed by atoms with Crippen molar-refractivity contribution in [3.63, 3.8) is 0 Å². The molecule has 3 amide bonds. The molecule has 3 N–H and O–H groups in total. The Morgan fingerprint density at radius 3 is 2.35 bits per heavy atom. The summed E-state index contributed by atoms with van der Waals surface area (Å²) in [4.78, 5) is 40.0. The molecule has 2 heterocycles. The number of carbonyl (C=O) groups is 3. The first-order chi connectivity index (χ1) is 10.6. The van der Waals surface area contributed by atoms with Crippen molar-refractivity contribution in [2.24, 2.45) is 11.3 Å². The van der Waals surface area contributed by atoms with Gasteiger partial charge in [0.25, 0.3) is 5.91 Å². The summed E-state index contributed by atoms with van der Waals surface area (Å²) < 4.78 is 0. The molecule has 2 aliphatic heterocycles. The Morgan fingerprint density at radius 1 is 1.30 bits per heavy atom. The highest BCUT2D eigenvalue weighted by Gasteiger charge is 2.58. The van der Waals surface area contributed by atoms with E-state index in [1.54, 1.807) is 20.8 Å². The van der Waals surface area contributed by atoms with Crippen LogP contribution in [0.3, 0.4) is 0 Å². The molecule has 0 radical (unpaired) electrons. The van der Waals surface area contributed by atoms with Crippen LogP contribution in [0.4, 0.5) is 4.79 Å². The zero-order valence-electron chi connectivity index (χ0n) is 14.2. The molecule has 0 aliphatic carbocycles. The number of hydrogen-bond acceptors (Lipinski definition) is 5. The van der Waals surface area contributed by atoms with Gasteiger partial charge in [-0.05, 0) is 12.3 Å². The lowest BCUT2D eigenvalue weighted by Gasteiger charge is -2.37. The van der Waals surface area contributed by atoms with Gasteiger partial charge in [0, 0.05) is 26.2 Å². The van der Waals surface area contributed by atoms with Gasteiger partial charge in [-0.25, -0.2) is 9.69 Å². The molecule has 2 atom stereocenters. The molecule has 2 fully saturated rings. The largest absolute Gasteiger partial charge is 0.481 e. The second-order valence-electron chi connectivity index (χ2n) is 7.51. The van der Waals surface area contributed by atoms with E-state index >= 15 is 0 Å². The maximum Gasteiger partial charge on any atom is 0.326 e. The number of carbonyl (C=O) groups excluding carboxylic acids is 2. The first-order valence-electron chi connectivity index (χ1n) is 7.87. The predicted molar refractivity (Wildman–Crippen MR) is 83.7 cm³/mol. The van der Waals surface area contributed by atoms with E-state index in [0.29, 0.717) is 0 Å². The lowest BCUT2D eigenvalue weighted by molar-refractivity contribution is -0.154. The Kier molecular flexibility index (Phi) is 4.68. The third kappa shape index (κ3) is 3.32. The quantitative estimate of drug-likeness (QED) is 0.624. The molecule has 0 aromatic rings. The van der Waals surface area contributed by atoms with Crippen LogP contribution in [0.25, 0.3) is 0 Å². The lowest BCUT2D eigenvalue weighted by atomic mass is 9.69. The third-order valence-electron chi connectivity index (χ3n) is 4.54. The molecular formula is C15H26N4O4. The molecule has 0 aromatic carbocycles. The minimum atomic E-state index is -1.44. The number of carboxylic acid groups (broad SMARTS) is 1. The Morgan fingerprint density at radius 2 is 1.87 bits per heavy atom. The van der Waals surface area contributed by atoms with Gasteiger partial charge in [-0.2, -0.15) is 0 Å². The molecule has 130 valence electrons. The second-order valence-corrected chi connectivity index (χ2v) is 7.51. The van der Waals surface area contributed by atoms with Crippen molar-refractivity contribution in [3.05, 3.63) is 0 Å². The summed E-state index contributed by atoms with van der Waals surface area (Å²) >= 11 is 0. The van der Waals surface area contributed by atoms with Gasteiger partial charge in [0.1, 0.15) is 5.54 Å². The fraction of sp³-hybridized carbons (Fsp3) is 0.800. The molecule has 23 heavy (non-hydrogen) atoms. The molecule has 2 unspecified atom stereocenters. The molecule has 0 bridgehead atoms. The van der Waals surface area contributed by atoms with E-state index in [2.05, 4.69) is 10.6 Å². The van der Waals surface area contributed by atoms with Gasteiger partial charge in [0.05, 0.1) is 12.6 Å². The highest BCUT2D eigenvalue weighted by atomic mass is 16.4. The molecule has 0 aromatic heterocycles. The van der Waals surface area contributed by atoms with Crippen molar-refractivity contribution in [1.82, 2.24) is 20.4 Å². The number of carboxylic acids is 1. The molecule has 2 saturated heterocycles. The van der Waals surface area contributed by atoms with Gasteiger partial charge in [-0.1, -0.05) is 20.8 Å². The SMILES string of the molecule is CC(C)(C)C(C(=O)O)C1(C)NC(=O)N(CN2CCNCC2)C1=O. The van der Waals surface area contributed by atoms with E-state index in [4.69, 9.17) is 0 Å². The Labute approximate surface area is 136 Å². The number of aliphatic carboxylic acids is 1. The number of nitrogens with one attached hydrogen (secondary N) is 2. The highest BCUT2D eigenvalue weighted by Crippen LogP contribution is 2.38. The van der Waals surface area contributed by atoms with Gasteiger partial charge >= 0.3 is 12.0 Å². The van der Waals surface area contributed by atoms with Crippen molar-refractivity contribution in [2.45, 2.75) is 33.2 Å². The van der Waals surface area contributed by atoms with Crippen LogP contribution < -0.4 is 10.6 Å². The standard InChI is InChI=1S/C15H26N4O4/c1-14(2,3)10(11(20)21)15(4)12(22)19(13(23)17-15)9-18-7-5-16-6-8-18/h10,16H,5-9H2,1-4H3,(H,17,23)(H,20,21). The van der Waals surface area contributed by atoms with E-state index in [0.717, 1.165) is 31.1 Å². The minimum Gasteiger partial charge on any atom is -0.481 e. The van der Waals surface area contributed by atoms with E-state index in [1.807, 2.05) is 4.90 Å². The zero-order valence-corrected chi connectivity index (χ0v) is 14.2. The predicted octanol–water partition coefficient (Wildman–Crippen LogP) is -0.0935. The summed E-state index contributed by atoms with van der Waals surface area (Å²) in [6.07, 6.45) is 0. The number of urea groups is 1. The fourth-order valence-corrected chi connectivity index (χ4v) is 3.58. The van der Waals surface area contributed by atoms with Crippen LogP contribution in [-0.4, -0.2) is 71.2 Å². The van der Waals surface area contributed by atoms with Crippen LogP contribution in [0.2, 0.25) is 0 Å². The lowest BCUT2D eigenvalue weighted by Crippen LogP contribution is -2.58. The van der Waals surface area contributed by atoms with Crippen molar-refractivity contribution in [3.8, 4) is 0 Å². The van der Waals surface area contributed by atoms with Crippen molar-refractivity contribution in [2.75, 3.05) is 32.8 Å². The van der Waals surface area contributed by atoms with E-state index in [1.165, 1.54) is 6.92 Å². The smallest absolute Gasteiger partial charge is 0.326 e. The normalized spacial score (nSPS) is 27.9. The summed E-state index contributed by atoms with van der Waals surface area (Å²) in [5.41, 5.74) is -2.11. The fourth-order valence-electron chi connectivity index (χ4n) is 3.58. The molecule has 8 nitrogen and oxygen atoms in total. The number of piperazine rings is 1. The van der Waals surface area contributed by atoms with Crippen LogP contribution in [-0.2, 0) is 9.59 Å². The molecule has 2 rings (SSSR count). The van der Waals surface area contributed by atoms with Crippen LogP contribution in [0.1, 0.15) is 27.7 Å². The molecular weight excluding hydrogens is 300 g/mol. The van der Waals surface area contributed by atoms with Crippen LogP contribution in [0.15, 0.2) is 0 Å². The van der Waals surface area contributed by atoms with Crippen LogP contribution in [0.5, 0.6) is 0 Å². The molecule has 2 aliphatic rings. The molecule has 0 spiro atoms. The maximum atomic E-state index is 12.8. The average molecular weight is 326 g/mol. The highest BCUT2D eigenvalue weighted by molar-refractivity contribution is 6.08.